The molecule has 0 spiro atoms. The van der Waals surface area contributed by atoms with Gasteiger partial charge < -0.3 is 9.80 Å². The lowest BCUT2D eigenvalue weighted by atomic mass is 10.1. The number of carbonyl (C=O) groups excluding carboxylic acids is 2. The lowest BCUT2D eigenvalue weighted by Gasteiger charge is -2.36. The minimum absolute atomic E-state index is 0.0216. The number of rotatable bonds is 2. The fourth-order valence-electron chi connectivity index (χ4n) is 3.03. The van der Waals surface area contributed by atoms with Crippen molar-refractivity contribution >= 4 is 11.8 Å². The fourth-order valence-corrected chi connectivity index (χ4v) is 3.03. The summed E-state index contributed by atoms with van der Waals surface area (Å²) in [7, 11) is 0. The van der Waals surface area contributed by atoms with Crippen molar-refractivity contribution in [2.45, 2.75) is 25.4 Å². The maximum atomic E-state index is 13.4. The van der Waals surface area contributed by atoms with E-state index in [1.54, 1.807) is 11.0 Å². The van der Waals surface area contributed by atoms with Crippen LogP contribution in [-0.4, -0.2) is 40.7 Å². The van der Waals surface area contributed by atoms with Crippen LogP contribution < -0.4 is 0 Å². The molecule has 1 atom stereocenters. The number of halogens is 1. The van der Waals surface area contributed by atoms with E-state index in [0.29, 0.717) is 18.5 Å². The number of benzene rings is 1. The van der Waals surface area contributed by atoms with Crippen LogP contribution in [0, 0.1) is 17.1 Å². The molecule has 2 saturated heterocycles. The lowest BCUT2D eigenvalue weighted by molar-refractivity contribution is -0.154. The van der Waals surface area contributed by atoms with Gasteiger partial charge in [-0.25, -0.2) is 4.39 Å². The van der Waals surface area contributed by atoms with Crippen LogP contribution in [0.2, 0.25) is 0 Å². The van der Waals surface area contributed by atoms with Gasteiger partial charge in [-0.1, -0.05) is 0 Å². The lowest BCUT2D eigenvalue weighted by Crippen LogP contribution is -2.56. The van der Waals surface area contributed by atoms with E-state index in [1.165, 1.54) is 11.0 Å². The van der Waals surface area contributed by atoms with E-state index in [4.69, 9.17) is 5.26 Å². The number of nitrogens with zero attached hydrogens (tertiary/aromatic N) is 3. The molecule has 2 amide bonds. The number of carbonyl (C=O) groups is 2. The van der Waals surface area contributed by atoms with Crippen LogP contribution in [0.25, 0.3) is 0 Å². The van der Waals surface area contributed by atoms with Crippen LogP contribution in [-0.2, 0) is 16.1 Å². The summed E-state index contributed by atoms with van der Waals surface area (Å²) in [4.78, 5) is 27.5. The predicted molar refractivity (Wildman–Crippen MR) is 71.3 cm³/mol. The molecule has 5 nitrogen and oxygen atoms in total. The first-order chi connectivity index (χ1) is 10.1. The third-order valence-electron chi connectivity index (χ3n) is 3.96. The molecule has 0 bridgehead atoms. The van der Waals surface area contributed by atoms with Crippen molar-refractivity contribution in [1.29, 1.82) is 5.26 Å². The molecule has 0 N–H and O–H groups in total. The average Bonchev–Trinajstić information content (AvgIpc) is 2.94. The summed E-state index contributed by atoms with van der Waals surface area (Å²) in [6.45, 7) is 0.816. The molecule has 1 unspecified atom stereocenters. The van der Waals surface area contributed by atoms with Crippen LogP contribution in [0.4, 0.5) is 4.39 Å². The highest BCUT2D eigenvalue weighted by molar-refractivity contribution is 5.95. The van der Waals surface area contributed by atoms with E-state index in [2.05, 4.69) is 0 Å². The van der Waals surface area contributed by atoms with Crippen molar-refractivity contribution in [2.75, 3.05) is 13.1 Å². The van der Waals surface area contributed by atoms with Crippen molar-refractivity contribution in [1.82, 2.24) is 9.80 Å². The van der Waals surface area contributed by atoms with Gasteiger partial charge in [0.25, 0.3) is 0 Å². The molecule has 0 saturated carbocycles. The molecule has 108 valence electrons. The number of fused-ring (bicyclic) bond motifs is 1. The Balaban J connectivity index is 1.82. The topological polar surface area (TPSA) is 64.4 Å². The van der Waals surface area contributed by atoms with Crippen LogP contribution in [0.5, 0.6) is 0 Å². The van der Waals surface area contributed by atoms with E-state index in [9.17, 15) is 14.0 Å². The first-order valence-electron chi connectivity index (χ1n) is 6.86. The van der Waals surface area contributed by atoms with Gasteiger partial charge in [0.2, 0.25) is 11.8 Å². The standard InChI is InChI=1S/C15H14FN3O2/c16-12-5-10(7-17)4-11(6-12)8-18-9-14(20)19-3-1-2-13(19)15(18)21/h4-6,13H,1-3,8-9H2. The highest BCUT2D eigenvalue weighted by Crippen LogP contribution is 2.25. The van der Waals surface area contributed by atoms with E-state index in [0.717, 1.165) is 12.5 Å². The molecule has 0 aromatic heterocycles. The van der Waals surface area contributed by atoms with Crippen molar-refractivity contribution in [3.63, 3.8) is 0 Å². The second kappa shape index (κ2) is 5.17. The maximum Gasteiger partial charge on any atom is 0.246 e. The van der Waals surface area contributed by atoms with E-state index >= 15 is 0 Å². The quantitative estimate of drug-likeness (QED) is 0.816. The molecule has 2 heterocycles. The Morgan fingerprint density at radius 3 is 2.90 bits per heavy atom. The van der Waals surface area contributed by atoms with Crippen LogP contribution in [0.15, 0.2) is 18.2 Å². The average molecular weight is 287 g/mol. The van der Waals surface area contributed by atoms with Gasteiger partial charge >= 0.3 is 0 Å². The molecule has 2 aliphatic rings. The molecule has 3 rings (SSSR count). The van der Waals surface area contributed by atoms with E-state index < -0.39 is 5.82 Å². The van der Waals surface area contributed by atoms with Crippen LogP contribution in [0.1, 0.15) is 24.0 Å². The summed E-state index contributed by atoms with van der Waals surface area (Å²) in [6.07, 6.45) is 1.53. The molecule has 0 radical (unpaired) electrons. The molecule has 6 heteroatoms. The molecule has 0 aliphatic carbocycles. The van der Waals surface area contributed by atoms with Gasteiger partial charge in [-0.15, -0.1) is 0 Å². The highest BCUT2D eigenvalue weighted by atomic mass is 19.1. The van der Waals surface area contributed by atoms with Crippen LogP contribution >= 0.6 is 0 Å². The molecule has 1 aromatic carbocycles. The Hall–Kier alpha value is -2.42. The Bertz CT molecular complexity index is 653. The molecule has 21 heavy (non-hydrogen) atoms. The number of nitriles is 1. The van der Waals surface area contributed by atoms with Gasteiger partial charge in [0.1, 0.15) is 18.4 Å². The molecular weight excluding hydrogens is 273 g/mol. The first kappa shape index (κ1) is 13.6. The zero-order valence-electron chi connectivity index (χ0n) is 11.4. The summed E-state index contributed by atoms with van der Waals surface area (Å²) >= 11 is 0. The first-order valence-corrected chi connectivity index (χ1v) is 6.86. The molecular formula is C15H14FN3O2. The maximum absolute atomic E-state index is 13.4. The fraction of sp³-hybridized carbons (Fsp3) is 0.400. The van der Waals surface area contributed by atoms with Crippen molar-refractivity contribution in [2.24, 2.45) is 0 Å². The minimum Gasteiger partial charge on any atom is -0.329 e. The smallest absolute Gasteiger partial charge is 0.246 e. The van der Waals surface area contributed by atoms with Crippen molar-refractivity contribution in [3.8, 4) is 6.07 Å². The number of piperazine rings is 1. The molecule has 1 aromatic rings. The highest BCUT2D eigenvalue weighted by Gasteiger charge is 2.41. The van der Waals surface area contributed by atoms with Gasteiger partial charge in [0, 0.05) is 13.1 Å². The van der Waals surface area contributed by atoms with E-state index in [-0.39, 0.29) is 36.5 Å². The zero-order valence-corrected chi connectivity index (χ0v) is 11.4. The number of hydrogen-bond acceptors (Lipinski definition) is 3. The number of amides is 2. The third-order valence-corrected chi connectivity index (χ3v) is 3.96. The van der Waals surface area contributed by atoms with Crippen LogP contribution in [0.3, 0.4) is 0 Å². The van der Waals surface area contributed by atoms with Gasteiger partial charge in [-0.3, -0.25) is 9.59 Å². The van der Waals surface area contributed by atoms with Gasteiger partial charge in [-0.2, -0.15) is 5.26 Å². The third kappa shape index (κ3) is 2.47. The summed E-state index contributed by atoms with van der Waals surface area (Å²) in [5.74, 6) is -0.661. The SMILES string of the molecule is N#Cc1cc(F)cc(CN2CC(=O)N3CCCC3C2=O)c1. The summed E-state index contributed by atoms with van der Waals surface area (Å²) < 4.78 is 13.4. The molecule has 2 fully saturated rings. The largest absolute Gasteiger partial charge is 0.329 e. The van der Waals surface area contributed by atoms with Gasteiger partial charge in [0.15, 0.2) is 0 Å². The zero-order chi connectivity index (χ0) is 15.0. The van der Waals surface area contributed by atoms with Gasteiger partial charge in [-0.05, 0) is 36.6 Å². The monoisotopic (exact) mass is 287 g/mol. The summed E-state index contributed by atoms with van der Waals surface area (Å²) in [6, 6.07) is 5.50. The van der Waals surface area contributed by atoms with Gasteiger partial charge in [0.05, 0.1) is 11.6 Å². The van der Waals surface area contributed by atoms with Crippen molar-refractivity contribution < 1.29 is 14.0 Å². The second-order valence-corrected chi connectivity index (χ2v) is 5.40. The Labute approximate surface area is 121 Å². The number of hydrogen-bond donors (Lipinski definition) is 0. The summed E-state index contributed by atoms with van der Waals surface area (Å²) in [5, 5.41) is 8.85. The summed E-state index contributed by atoms with van der Waals surface area (Å²) in [5.41, 5.74) is 0.738. The predicted octanol–water partition coefficient (Wildman–Crippen LogP) is 1.03. The Morgan fingerprint density at radius 1 is 1.33 bits per heavy atom. The minimum atomic E-state index is -0.512. The Morgan fingerprint density at radius 2 is 2.14 bits per heavy atom. The molecule has 2 aliphatic heterocycles. The van der Waals surface area contributed by atoms with Crippen molar-refractivity contribution in [3.05, 3.63) is 35.1 Å². The Kier molecular flexibility index (Phi) is 3.34. The second-order valence-electron chi connectivity index (χ2n) is 5.40. The normalized spacial score (nSPS) is 21.4. The van der Waals surface area contributed by atoms with E-state index in [1.807, 2.05) is 6.07 Å².